The van der Waals surface area contributed by atoms with Crippen LogP contribution in [0.5, 0.6) is 0 Å². The molecule has 10 rings (SSSR count). The van der Waals surface area contributed by atoms with E-state index < -0.39 is 0 Å². The Balaban J connectivity index is 1.11. The van der Waals surface area contributed by atoms with Gasteiger partial charge in [-0.15, -0.1) is 0 Å². The van der Waals surface area contributed by atoms with Crippen molar-refractivity contribution in [2.75, 3.05) is 0 Å². The minimum atomic E-state index is 0.406. The normalized spacial score (nSPS) is 18.0. The molecule has 2 atom stereocenters. The lowest BCUT2D eigenvalue weighted by molar-refractivity contribution is 0.659. The van der Waals surface area contributed by atoms with Gasteiger partial charge in [0.25, 0.3) is 0 Å². The highest BCUT2D eigenvalue weighted by Crippen LogP contribution is 2.40. The van der Waals surface area contributed by atoms with Gasteiger partial charge in [-0.3, -0.25) is 0 Å². The largest absolute Gasteiger partial charge is 0.310 e. The molecule has 2 unspecified atom stereocenters. The van der Waals surface area contributed by atoms with Gasteiger partial charge >= 0.3 is 0 Å². The number of fused-ring (bicyclic) bond motifs is 7. The molecule has 48 heavy (non-hydrogen) atoms. The first-order chi connectivity index (χ1) is 23.8. The van der Waals surface area contributed by atoms with E-state index >= 15 is 0 Å². The molecule has 0 aliphatic heterocycles. The van der Waals surface area contributed by atoms with Crippen molar-refractivity contribution in [3.8, 4) is 27.9 Å². The second kappa shape index (κ2) is 10.9. The monoisotopic (exact) mass is 614 g/mol. The molecule has 0 fully saturated rings. The van der Waals surface area contributed by atoms with Gasteiger partial charge in [0, 0.05) is 45.1 Å². The first kappa shape index (κ1) is 27.3. The summed E-state index contributed by atoms with van der Waals surface area (Å²) in [7, 11) is 0. The van der Waals surface area contributed by atoms with Crippen molar-refractivity contribution in [3.63, 3.8) is 0 Å². The van der Waals surface area contributed by atoms with Crippen molar-refractivity contribution < 1.29 is 0 Å². The van der Waals surface area contributed by atoms with Crippen molar-refractivity contribution in [2.24, 2.45) is 11.8 Å². The molecule has 2 heteroatoms. The predicted octanol–water partition coefficient (Wildman–Crippen LogP) is 11.8. The number of aryl methyl sites for hydroxylation is 1. The number of para-hydroxylation sites is 1. The van der Waals surface area contributed by atoms with Crippen molar-refractivity contribution in [1.82, 2.24) is 9.13 Å². The molecule has 5 aromatic carbocycles. The van der Waals surface area contributed by atoms with Crippen LogP contribution in [-0.4, -0.2) is 9.13 Å². The molecule has 2 heterocycles. The summed E-state index contributed by atoms with van der Waals surface area (Å²) in [5.41, 5.74) is 13.9. The van der Waals surface area contributed by atoms with Crippen molar-refractivity contribution in [3.05, 3.63) is 175 Å². The average molecular weight is 615 g/mol. The maximum absolute atomic E-state index is 2.49. The summed E-state index contributed by atoms with van der Waals surface area (Å²) in [6.07, 6.45) is 22.9. The number of hydrogen-bond donors (Lipinski definition) is 0. The SMILES string of the molecule is C1=CC2C=CC(n3c4c(c5cc(-c6ccc7c8ccccc8n(-c8ccc(-c9ccccc9)cc8)c7c6)ccc53)CCC=C4)=CC2C=C1. The van der Waals surface area contributed by atoms with Crippen LogP contribution in [0.4, 0.5) is 0 Å². The van der Waals surface area contributed by atoms with E-state index in [1.165, 1.54) is 77.6 Å². The van der Waals surface area contributed by atoms with Gasteiger partial charge in [0.15, 0.2) is 0 Å². The van der Waals surface area contributed by atoms with E-state index in [1.807, 2.05) is 0 Å². The van der Waals surface area contributed by atoms with E-state index in [9.17, 15) is 0 Å². The molecule has 3 aliphatic rings. The Kier molecular flexibility index (Phi) is 6.17. The number of hydrogen-bond acceptors (Lipinski definition) is 0. The third-order valence-corrected chi connectivity index (χ3v) is 10.5. The number of benzene rings is 5. The third kappa shape index (κ3) is 4.26. The number of aromatic nitrogens is 2. The maximum atomic E-state index is 2.49. The van der Waals surface area contributed by atoms with Crippen LogP contribution in [0.15, 0.2) is 164 Å². The van der Waals surface area contributed by atoms with Crippen LogP contribution < -0.4 is 0 Å². The standard InChI is InChI=1S/C46H34N2/c1-2-10-31(11-3-1)33-18-23-37(24-19-33)47-43-16-8-6-14-39(43)41-26-21-36(30-46(41)47)35-22-27-45-42(29-35)40-15-7-9-17-44(40)48(45)38-25-20-32-12-4-5-13-34(32)28-38/h1-6,8-14,16-30,32,34H,7,15H2. The zero-order valence-electron chi connectivity index (χ0n) is 26.6. The van der Waals surface area contributed by atoms with E-state index in [4.69, 9.17) is 0 Å². The Bertz CT molecular complexity index is 2550. The molecule has 2 aromatic heterocycles. The van der Waals surface area contributed by atoms with E-state index in [1.54, 1.807) is 0 Å². The van der Waals surface area contributed by atoms with Gasteiger partial charge in [0.05, 0.1) is 16.6 Å². The van der Waals surface area contributed by atoms with Crippen LogP contribution >= 0.6 is 0 Å². The molecule has 7 aromatic rings. The summed E-state index contributed by atoms with van der Waals surface area (Å²) < 4.78 is 4.91. The van der Waals surface area contributed by atoms with Crippen LogP contribution in [-0.2, 0) is 6.42 Å². The van der Waals surface area contributed by atoms with Crippen LogP contribution in [0.2, 0.25) is 0 Å². The molecule has 0 saturated carbocycles. The van der Waals surface area contributed by atoms with Gasteiger partial charge in [0.1, 0.15) is 0 Å². The van der Waals surface area contributed by atoms with E-state index in [-0.39, 0.29) is 0 Å². The van der Waals surface area contributed by atoms with Gasteiger partial charge in [-0.25, -0.2) is 0 Å². The third-order valence-electron chi connectivity index (χ3n) is 10.5. The summed E-state index contributed by atoms with van der Waals surface area (Å²) in [4.78, 5) is 0. The first-order valence-corrected chi connectivity index (χ1v) is 17.1. The Morgan fingerprint density at radius 1 is 0.500 bits per heavy atom. The zero-order chi connectivity index (χ0) is 31.6. The van der Waals surface area contributed by atoms with E-state index in [0.717, 1.165) is 12.8 Å². The van der Waals surface area contributed by atoms with Gasteiger partial charge in [-0.1, -0.05) is 121 Å². The van der Waals surface area contributed by atoms with Crippen molar-refractivity contribution in [1.29, 1.82) is 0 Å². The number of allylic oxidation sites excluding steroid dienone is 9. The van der Waals surface area contributed by atoms with Gasteiger partial charge in [0.2, 0.25) is 0 Å². The lowest BCUT2D eigenvalue weighted by Gasteiger charge is -2.24. The van der Waals surface area contributed by atoms with E-state index in [0.29, 0.717) is 11.8 Å². The lowest BCUT2D eigenvalue weighted by Crippen LogP contribution is -2.14. The van der Waals surface area contributed by atoms with Crippen molar-refractivity contribution >= 4 is 44.5 Å². The highest BCUT2D eigenvalue weighted by molar-refractivity contribution is 6.10. The second-order valence-electron chi connectivity index (χ2n) is 13.2. The summed E-state index contributed by atoms with van der Waals surface area (Å²) in [5.74, 6) is 0.855. The Morgan fingerprint density at radius 2 is 1.21 bits per heavy atom. The fourth-order valence-corrected chi connectivity index (χ4v) is 8.17. The summed E-state index contributed by atoms with van der Waals surface area (Å²) >= 11 is 0. The van der Waals surface area contributed by atoms with E-state index in [2.05, 4.69) is 179 Å². The highest BCUT2D eigenvalue weighted by atomic mass is 15.0. The molecule has 0 spiro atoms. The van der Waals surface area contributed by atoms with Gasteiger partial charge < -0.3 is 9.13 Å². The molecule has 3 aliphatic carbocycles. The second-order valence-corrected chi connectivity index (χ2v) is 13.2. The minimum absolute atomic E-state index is 0.406. The molecular formula is C46H34N2. The maximum Gasteiger partial charge on any atom is 0.0547 e. The molecule has 0 amide bonds. The Morgan fingerprint density at radius 3 is 2.10 bits per heavy atom. The Labute approximate surface area is 280 Å². The number of nitrogens with zero attached hydrogens (tertiary/aromatic N) is 2. The summed E-state index contributed by atoms with van der Waals surface area (Å²) in [6, 6.07) is 42.5. The summed E-state index contributed by atoms with van der Waals surface area (Å²) in [5, 5.41) is 3.91. The minimum Gasteiger partial charge on any atom is -0.310 e. The zero-order valence-corrected chi connectivity index (χ0v) is 26.6. The van der Waals surface area contributed by atoms with Crippen molar-refractivity contribution in [2.45, 2.75) is 12.8 Å². The molecule has 0 saturated heterocycles. The predicted molar refractivity (Wildman–Crippen MR) is 203 cm³/mol. The lowest BCUT2D eigenvalue weighted by atomic mass is 9.84. The topological polar surface area (TPSA) is 9.86 Å². The molecular weight excluding hydrogens is 581 g/mol. The van der Waals surface area contributed by atoms with Crippen LogP contribution in [0.1, 0.15) is 17.7 Å². The molecule has 0 radical (unpaired) electrons. The van der Waals surface area contributed by atoms with Gasteiger partial charge in [-0.2, -0.15) is 0 Å². The summed E-state index contributed by atoms with van der Waals surface area (Å²) in [6.45, 7) is 0. The molecule has 0 N–H and O–H groups in total. The molecule has 228 valence electrons. The smallest absolute Gasteiger partial charge is 0.0547 e. The number of rotatable bonds is 4. The molecule has 0 bridgehead atoms. The fraction of sp³-hybridized carbons (Fsp3) is 0.0870. The first-order valence-electron chi connectivity index (χ1n) is 17.1. The van der Waals surface area contributed by atoms with Crippen LogP contribution in [0.3, 0.4) is 0 Å². The fourth-order valence-electron chi connectivity index (χ4n) is 8.17. The highest BCUT2D eigenvalue weighted by Gasteiger charge is 2.24. The molecule has 2 nitrogen and oxygen atoms in total. The average Bonchev–Trinajstić information content (AvgIpc) is 3.67. The van der Waals surface area contributed by atoms with Gasteiger partial charge in [-0.05, 0) is 89.2 Å². The van der Waals surface area contributed by atoms with Crippen LogP contribution in [0.25, 0.3) is 72.4 Å². The Hall–Kier alpha value is -5.86. The van der Waals surface area contributed by atoms with Crippen LogP contribution in [0, 0.1) is 11.8 Å². The quantitative estimate of drug-likeness (QED) is 0.187.